The van der Waals surface area contributed by atoms with Crippen molar-refractivity contribution in [2.45, 2.75) is 53.4 Å². The Morgan fingerprint density at radius 3 is 1.96 bits per heavy atom. The van der Waals surface area contributed by atoms with E-state index in [0.717, 1.165) is 25.5 Å². The van der Waals surface area contributed by atoms with Gasteiger partial charge in [-0.05, 0) is 59.0 Å². The highest BCUT2D eigenvalue weighted by Crippen LogP contribution is 2.57. The minimum Gasteiger partial charge on any atom is -0.412 e. The summed E-state index contributed by atoms with van der Waals surface area (Å²) >= 11 is 0. The van der Waals surface area contributed by atoms with Crippen molar-refractivity contribution in [3.05, 3.63) is 35.1 Å². The van der Waals surface area contributed by atoms with E-state index in [2.05, 4.69) is 34.8 Å². The largest absolute Gasteiger partial charge is 0.535 e. The van der Waals surface area contributed by atoms with E-state index in [-0.39, 0.29) is 0 Å². The van der Waals surface area contributed by atoms with E-state index < -0.39 is 15.6 Å². The zero-order valence-electron chi connectivity index (χ0n) is 13.9. The van der Waals surface area contributed by atoms with Crippen molar-refractivity contribution in [3.63, 3.8) is 0 Å². The Bertz CT molecular complexity index is 553. The molecule has 0 aromatic rings. The Kier molecular flexibility index (Phi) is 9.94. The first-order valence-corrected chi connectivity index (χ1v) is 10.2. The van der Waals surface area contributed by atoms with E-state index in [4.69, 9.17) is 14.7 Å². The number of hydrogen-bond donors (Lipinski definition) is 3. The summed E-state index contributed by atoms with van der Waals surface area (Å²) in [6.07, 6.45) is 8.56. The van der Waals surface area contributed by atoms with Crippen molar-refractivity contribution in [2.24, 2.45) is 0 Å². The van der Waals surface area contributed by atoms with Crippen molar-refractivity contribution >= 4 is 15.6 Å². The van der Waals surface area contributed by atoms with Gasteiger partial charge in [0.2, 0.25) is 0 Å². The van der Waals surface area contributed by atoms with Gasteiger partial charge >= 0.3 is 15.6 Å². The highest BCUT2D eigenvalue weighted by atomic mass is 31.3. The van der Waals surface area contributed by atoms with Gasteiger partial charge in [-0.2, -0.15) is 4.31 Å². The summed E-state index contributed by atoms with van der Waals surface area (Å²) in [5.74, 6) is 0. The summed E-state index contributed by atoms with van der Waals surface area (Å²) in [5.41, 5.74) is 3.20. The summed E-state index contributed by atoms with van der Waals surface area (Å²) in [7, 11) is -9.89. The molecule has 134 valence electrons. The van der Waals surface area contributed by atoms with Crippen LogP contribution in [0.5, 0.6) is 0 Å². The molecular weight excluding hydrogens is 342 g/mol. The summed E-state index contributed by atoms with van der Waals surface area (Å²) in [5, 5.41) is 0. The molecule has 3 N–H and O–H groups in total. The topological polar surface area (TPSA) is 113 Å². The van der Waals surface area contributed by atoms with Crippen LogP contribution in [0.4, 0.5) is 0 Å². The van der Waals surface area contributed by atoms with Gasteiger partial charge in [-0.1, -0.05) is 23.3 Å². The second kappa shape index (κ2) is 10.2. The number of rotatable bonds is 10. The Labute approximate surface area is 137 Å². The molecule has 0 rings (SSSR count). The molecule has 0 amide bonds. The standard InChI is InChI=1S/C14H26O7P2/c1-12(2)7-5-8-13(3)9-6-10-14(4)11-20-23(18,19)21-22(15,16)17/h7,9,11H,5-6,8,10H2,1-4H3,(H,18,19)(H2,15,16,17). The normalized spacial score (nSPS) is 16.0. The molecule has 0 radical (unpaired) electrons. The Morgan fingerprint density at radius 2 is 1.43 bits per heavy atom. The summed E-state index contributed by atoms with van der Waals surface area (Å²) in [6.45, 7) is 7.85. The van der Waals surface area contributed by atoms with Crippen LogP contribution >= 0.6 is 15.6 Å². The summed E-state index contributed by atoms with van der Waals surface area (Å²) < 4.78 is 29.8. The third kappa shape index (κ3) is 14.6. The maximum absolute atomic E-state index is 11.2. The van der Waals surface area contributed by atoms with Crippen LogP contribution in [0.3, 0.4) is 0 Å². The van der Waals surface area contributed by atoms with Gasteiger partial charge in [0.15, 0.2) is 0 Å². The lowest BCUT2D eigenvalue weighted by atomic mass is 10.1. The highest BCUT2D eigenvalue weighted by molar-refractivity contribution is 7.60. The molecule has 0 aromatic carbocycles. The second-order valence-electron chi connectivity index (χ2n) is 5.52. The predicted octanol–water partition coefficient (Wildman–Crippen LogP) is 4.59. The van der Waals surface area contributed by atoms with Gasteiger partial charge < -0.3 is 14.3 Å². The average molecular weight is 368 g/mol. The molecule has 1 atom stereocenters. The molecule has 0 aliphatic heterocycles. The van der Waals surface area contributed by atoms with E-state index in [1.54, 1.807) is 6.92 Å². The number of phosphoric acid groups is 2. The number of hydrogen-bond acceptors (Lipinski definition) is 4. The lowest BCUT2D eigenvalue weighted by molar-refractivity contribution is 0.216. The smallest absolute Gasteiger partial charge is 0.412 e. The maximum atomic E-state index is 11.2. The molecule has 0 aliphatic rings. The molecule has 0 spiro atoms. The molecule has 0 aliphatic carbocycles. The lowest BCUT2D eigenvalue weighted by Crippen LogP contribution is -1.90. The van der Waals surface area contributed by atoms with Crippen LogP contribution < -0.4 is 0 Å². The van der Waals surface area contributed by atoms with Gasteiger partial charge in [0.25, 0.3) is 0 Å². The maximum Gasteiger partial charge on any atom is 0.535 e. The molecule has 0 saturated heterocycles. The third-order valence-corrected chi connectivity index (χ3v) is 4.77. The molecule has 0 bridgehead atoms. The van der Waals surface area contributed by atoms with Crippen LogP contribution in [0, 0.1) is 0 Å². The van der Waals surface area contributed by atoms with Gasteiger partial charge in [-0.25, -0.2) is 9.13 Å². The second-order valence-corrected chi connectivity index (χ2v) is 8.30. The fourth-order valence-electron chi connectivity index (χ4n) is 1.61. The van der Waals surface area contributed by atoms with Crippen molar-refractivity contribution < 1.29 is 32.6 Å². The van der Waals surface area contributed by atoms with Crippen LogP contribution in [0.2, 0.25) is 0 Å². The summed E-state index contributed by atoms with van der Waals surface area (Å²) in [6, 6.07) is 0. The van der Waals surface area contributed by atoms with Crippen molar-refractivity contribution in [3.8, 4) is 0 Å². The predicted molar refractivity (Wildman–Crippen MR) is 89.5 cm³/mol. The van der Waals surface area contributed by atoms with E-state index in [1.165, 1.54) is 11.1 Å². The summed E-state index contributed by atoms with van der Waals surface area (Å²) in [4.78, 5) is 26.1. The van der Waals surface area contributed by atoms with Crippen LogP contribution in [0.15, 0.2) is 35.1 Å². The van der Waals surface area contributed by atoms with Crippen molar-refractivity contribution in [1.29, 1.82) is 0 Å². The first-order valence-electron chi connectivity index (χ1n) is 7.14. The lowest BCUT2D eigenvalue weighted by Gasteiger charge is -2.11. The fraction of sp³-hybridized carbons (Fsp3) is 0.571. The minimum atomic E-state index is -5.08. The van der Waals surface area contributed by atoms with Crippen molar-refractivity contribution in [1.82, 2.24) is 0 Å². The van der Waals surface area contributed by atoms with Crippen molar-refractivity contribution in [2.75, 3.05) is 0 Å². The molecule has 23 heavy (non-hydrogen) atoms. The van der Waals surface area contributed by atoms with Gasteiger partial charge in [-0.15, -0.1) is 0 Å². The molecule has 0 aromatic heterocycles. The number of phosphoric ester groups is 1. The quantitative estimate of drug-likeness (QED) is 0.294. The van der Waals surface area contributed by atoms with Crippen LogP contribution in [-0.2, 0) is 18.0 Å². The molecular formula is C14H26O7P2. The molecule has 0 fully saturated rings. The highest BCUT2D eigenvalue weighted by Gasteiger charge is 2.32. The Morgan fingerprint density at radius 1 is 0.913 bits per heavy atom. The van der Waals surface area contributed by atoms with E-state index >= 15 is 0 Å². The van der Waals surface area contributed by atoms with Crippen LogP contribution in [-0.4, -0.2) is 14.7 Å². The first-order chi connectivity index (χ1) is 10.4. The molecule has 0 heterocycles. The Balaban J connectivity index is 4.28. The molecule has 0 saturated carbocycles. The van der Waals surface area contributed by atoms with Gasteiger partial charge in [0.1, 0.15) is 0 Å². The van der Waals surface area contributed by atoms with Crippen LogP contribution in [0.1, 0.15) is 53.4 Å². The average Bonchev–Trinajstić information content (AvgIpc) is 2.33. The van der Waals surface area contributed by atoms with Gasteiger partial charge in [0.05, 0.1) is 6.26 Å². The van der Waals surface area contributed by atoms with Gasteiger partial charge in [0, 0.05) is 0 Å². The molecule has 1 unspecified atom stereocenters. The van der Waals surface area contributed by atoms with Gasteiger partial charge in [-0.3, -0.25) is 4.89 Å². The van der Waals surface area contributed by atoms with E-state index in [0.29, 0.717) is 12.0 Å². The molecule has 9 heteroatoms. The zero-order valence-corrected chi connectivity index (χ0v) is 15.7. The van der Waals surface area contributed by atoms with E-state index in [9.17, 15) is 9.13 Å². The zero-order chi connectivity index (χ0) is 18.1. The minimum absolute atomic E-state index is 0.593. The first kappa shape index (κ1) is 22.3. The Hall–Kier alpha value is -0.680. The van der Waals surface area contributed by atoms with Crippen LogP contribution in [0.25, 0.3) is 0 Å². The third-order valence-electron chi connectivity index (χ3n) is 2.72. The number of allylic oxidation sites excluding steroid dienone is 5. The monoisotopic (exact) mass is 368 g/mol. The molecule has 7 nitrogen and oxygen atoms in total. The fourth-order valence-corrected chi connectivity index (χ4v) is 3.15. The SMILES string of the molecule is CC(C)=CCCC(C)=CCCC(C)=COP(=O)(O)OP(=O)(O)O. The van der Waals surface area contributed by atoms with E-state index in [1.807, 2.05) is 6.92 Å².